The second-order valence-corrected chi connectivity index (χ2v) is 6.60. The van der Waals surface area contributed by atoms with Crippen LogP contribution in [-0.2, 0) is 9.53 Å². The number of hydrogen-bond donors (Lipinski definition) is 3. The maximum absolute atomic E-state index is 11.7. The van der Waals surface area contributed by atoms with E-state index in [-0.39, 0.29) is 23.9 Å². The van der Waals surface area contributed by atoms with E-state index in [9.17, 15) is 19.8 Å². The van der Waals surface area contributed by atoms with E-state index in [0.717, 1.165) is 0 Å². The first-order chi connectivity index (χ1) is 8.50. The molecule has 19 heavy (non-hydrogen) atoms. The lowest BCUT2D eigenvalue weighted by Crippen LogP contribution is -2.45. The van der Waals surface area contributed by atoms with Crippen LogP contribution in [0.1, 0.15) is 34.6 Å². The molecule has 1 rings (SSSR count). The number of carbonyl (C=O) groups is 2. The Bertz CT molecular complexity index is 372. The lowest BCUT2D eigenvalue weighted by molar-refractivity contribution is -0.140. The first kappa shape index (κ1) is 15.8. The van der Waals surface area contributed by atoms with Gasteiger partial charge in [0.15, 0.2) is 0 Å². The van der Waals surface area contributed by atoms with Gasteiger partial charge in [-0.2, -0.15) is 0 Å². The number of carbonyl (C=O) groups excluding carboxylic acids is 1. The second-order valence-electron chi connectivity index (χ2n) is 6.60. The van der Waals surface area contributed by atoms with Gasteiger partial charge >= 0.3 is 12.1 Å². The molecule has 0 spiro atoms. The Hall–Kier alpha value is -1.30. The Labute approximate surface area is 113 Å². The minimum absolute atomic E-state index is 0.0859. The monoisotopic (exact) mass is 273 g/mol. The third kappa shape index (κ3) is 3.59. The third-order valence-electron chi connectivity index (χ3n) is 3.63. The van der Waals surface area contributed by atoms with Crippen LogP contribution in [0.15, 0.2) is 0 Å². The zero-order valence-corrected chi connectivity index (χ0v) is 12.1. The Morgan fingerprint density at radius 2 is 1.89 bits per heavy atom. The Morgan fingerprint density at radius 3 is 2.21 bits per heavy atom. The zero-order chi connectivity index (χ0) is 15.0. The molecule has 0 radical (unpaired) electrons. The number of amides is 1. The van der Waals surface area contributed by atoms with Crippen molar-refractivity contribution in [3.05, 3.63) is 0 Å². The largest absolute Gasteiger partial charge is 0.480 e. The summed E-state index contributed by atoms with van der Waals surface area (Å²) in [7, 11) is 0. The fourth-order valence-corrected chi connectivity index (χ4v) is 2.54. The standard InChI is InChI=1S/C13H23NO5/c1-12(2,3)19-11(18)14-9(10(16)17)8-7(6-15)13(8,4)5/h7-9,15H,6H2,1-5H3,(H,14,18)(H,16,17)/t7?,8?,9-/m0/s1. The minimum atomic E-state index is -1.11. The van der Waals surface area contributed by atoms with E-state index in [0.29, 0.717) is 0 Å². The second kappa shape index (κ2) is 5.00. The zero-order valence-electron chi connectivity index (χ0n) is 12.1. The molecule has 2 unspecified atom stereocenters. The lowest BCUT2D eigenvalue weighted by Gasteiger charge is -2.22. The summed E-state index contributed by atoms with van der Waals surface area (Å²) in [6, 6.07) is -1.04. The number of ether oxygens (including phenoxy) is 1. The number of alkyl carbamates (subject to hydrolysis) is 1. The Kier molecular flexibility index (Phi) is 4.14. The summed E-state index contributed by atoms with van der Waals surface area (Å²) in [4.78, 5) is 22.9. The molecule has 6 heteroatoms. The van der Waals surface area contributed by atoms with E-state index in [2.05, 4.69) is 5.32 Å². The molecular formula is C13H23NO5. The van der Waals surface area contributed by atoms with Gasteiger partial charge in [-0.1, -0.05) is 13.8 Å². The number of hydrogen-bond acceptors (Lipinski definition) is 4. The van der Waals surface area contributed by atoms with E-state index in [1.54, 1.807) is 20.8 Å². The fraction of sp³-hybridized carbons (Fsp3) is 0.846. The SMILES string of the molecule is CC(C)(C)OC(=O)N[C@H](C(=O)O)C1C(CO)C1(C)C. The molecular weight excluding hydrogens is 250 g/mol. The molecule has 3 N–H and O–H groups in total. The van der Waals surface area contributed by atoms with Crippen molar-refractivity contribution in [2.24, 2.45) is 17.3 Å². The molecule has 6 nitrogen and oxygen atoms in total. The highest BCUT2D eigenvalue weighted by molar-refractivity contribution is 5.81. The van der Waals surface area contributed by atoms with Crippen LogP contribution in [0.25, 0.3) is 0 Å². The summed E-state index contributed by atoms with van der Waals surface area (Å²) in [5, 5.41) is 20.8. The van der Waals surface area contributed by atoms with Gasteiger partial charge in [-0.25, -0.2) is 9.59 Å². The molecule has 1 aliphatic rings. The normalized spacial score (nSPS) is 26.4. The molecule has 110 valence electrons. The molecule has 1 aliphatic carbocycles. The summed E-state index contributed by atoms with van der Waals surface area (Å²) in [6.45, 7) is 8.80. The van der Waals surface area contributed by atoms with Crippen molar-refractivity contribution in [1.82, 2.24) is 5.32 Å². The Morgan fingerprint density at radius 1 is 1.37 bits per heavy atom. The number of rotatable bonds is 4. The summed E-state index contributed by atoms with van der Waals surface area (Å²) in [5.41, 5.74) is -0.977. The quantitative estimate of drug-likeness (QED) is 0.716. The fourth-order valence-electron chi connectivity index (χ4n) is 2.54. The number of aliphatic hydroxyl groups excluding tert-OH is 1. The summed E-state index contributed by atoms with van der Waals surface area (Å²) >= 11 is 0. The van der Waals surface area contributed by atoms with Crippen LogP contribution in [-0.4, -0.2) is 40.5 Å². The average molecular weight is 273 g/mol. The number of carboxylic acids is 1. The first-order valence-electron chi connectivity index (χ1n) is 6.34. The van der Waals surface area contributed by atoms with E-state index in [1.165, 1.54) is 0 Å². The van der Waals surface area contributed by atoms with E-state index < -0.39 is 23.7 Å². The van der Waals surface area contributed by atoms with Crippen molar-refractivity contribution in [1.29, 1.82) is 0 Å². The minimum Gasteiger partial charge on any atom is -0.480 e. The van der Waals surface area contributed by atoms with Gasteiger partial charge in [0.05, 0.1) is 0 Å². The molecule has 1 saturated carbocycles. The molecule has 3 atom stereocenters. The van der Waals surface area contributed by atoms with Crippen LogP contribution < -0.4 is 5.32 Å². The highest BCUT2D eigenvalue weighted by Crippen LogP contribution is 2.59. The van der Waals surface area contributed by atoms with Crippen LogP contribution in [0, 0.1) is 17.3 Å². The smallest absolute Gasteiger partial charge is 0.408 e. The topological polar surface area (TPSA) is 95.9 Å². The molecule has 0 saturated heterocycles. The van der Waals surface area contributed by atoms with Crippen LogP contribution in [0.5, 0.6) is 0 Å². The van der Waals surface area contributed by atoms with Gasteiger partial charge in [0.1, 0.15) is 11.6 Å². The highest BCUT2D eigenvalue weighted by Gasteiger charge is 2.62. The van der Waals surface area contributed by atoms with E-state index in [1.807, 2.05) is 13.8 Å². The van der Waals surface area contributed by atoms with E-state index in [4.69, 9.17) is 4.74 Å². The highest BCUT2D eigenvalue weighted by atomic mass is 16.6. The van der Waals surface area contributed by atoms with Gasteiger partial charge in [0, 0.05) is 12.5 Å². The van der Waals surface area contributed by atoms with Crippen molar-refractivity contribution in [3.63, 3.8) is 0 Å². The average Bonchev–Trinajstić information content (AvgIpc) is 2.73. The van der Waals surface area contributed by atoms with Crippen LogP contribution in [0.3, 0.4) is 0 Å². The maximum atomic E-state index is 11.7. The molecule has 0 bridgehead atoms. The van der Waals surface area contributed by atoms with Gasteiger partial charge < -0.3 is 20.3 Å². The number of nitrogens with one attached hydrogen (secondary N) is 1. The lowest BCUT2D eigenvalue weighted by atomic mass is 10.0. The van der Waals surface area contributed by atoms with Crippen molar-refractivity contribution >= 4 is 12.1 Å². The van der Waals surface area contributed by atoms with Crippen LogP contribution in [0.4, 0.5) is 4.79 Å². The summed E-state index contributed by atoms with van der Waals surface area (Å²) in [5.74, 6) is -1.52. The van der Waals surface area contributed by atoms with Crippen molar-refractivity contribution < 1.29 is 24.5 Å². The maximum Gasteiger partial charge on any atom is 0.408 e. The molecule has 0 heterocycles. The molecule has 0 aromatic heterocycles. The predicted molar refractivity (Wildman–Crippen MR) is 68.6 cm³/mol. The molecule has 1 amide bonds. The summed E-state index contributed by atoms with van der Waals surface area (Å²) < 4.78 is 5.06. The van der Waals surface area contributed by atoms with Crippen LogP contribution >= 0.6 is 0 Å². The molecule has 0 aromatic rings. The van der Waals surface area contributed by atoms with Gasteiger partial charge in [0.2, 0.25) is 0 Å². The number of aliphatic hydroxyl groups is 1. The van der Waals surface area contributed by atoms with Crippen molar-refractivity contribution in [3.8, 4) is 0 Å². The Balaban J connectivity index is 2.71. The first-order valence-corrected chi connectivity index (χ1v) is 6.34. The molecule has 1 fully saturated rings. The van der Waals surface area contributed by atoms with Crippen LogP contribution in [0.2, 0.25) is 0 Å². The van der Waals surface area contributed by atoms with Crippen molar-refractivity contribution in [2.75, 3.05) is 6.61 Å². The molecule has 0 aromatic carbocycles. The number of aliphatic carboxylic acids is 1. The summed E-state index contributed by atoms with van der Waals surface area (Å²) in [6.07, 6.45) is -0.751. The van der Waals surface area contributed by atoms with Gasteiger partial charge in [-0.3, -0.25) is 0 Å². The van der Waals surface area contributed by atoms with Gasteiger partial charge in [-0.15, -0.1) is 0 Å². The van der Waals surface area contributed by atoms with Gasteiger partial charge in [-0.05, 0) is 32.1 Å². The van der Waals surface area contributed by atoms with E-state index >= 15 is 0 Å². The van der Waals surface area contributed by atoms with Crippen molar-refractivity contribution in [2.45, 2.75) is 46.3 Å². The molecule has 0 aliphatic heterocycles. The number of carboxylic acid groups (broad SMARTS) is 1. The predicted octanol–water partition coefficient (Wildman–Crippen LogP) is 1.23. The van der Waals surface area contributed by atoms with Gasteiger partial charge in [0.25, 0.3) is 0 Å². The third-order valence-corrected chi connectivity index (χ3v) is 3.63.